The van der Waals surface area contributed by atoms with Crippen LogP contribution >= 0.6 is 11.8 Å². The van der Waals surface area contributed by atoms with Crippen molar-refractivity contribution in [3.8, 4) is 22.5 Å². The molecule has 5 rings (SSSR count). The first-order valence-corrected chi connectivity index (χ1v) is 13.8. The van der Waals surface area contributed by atoms with E-state index in [-0.39, 0.29) is 11.2 Å². The second kappa shape index (κ2) is 11.5. The summed E-state index contributed by atoms with van der Waals surface area (Å²) >= 11 is 1.49. The third-order valence-corrected chi connectivity index (χ3v) is 7.73. The SMILES string of the molecule is CCC(Sc1nc(-c2ccc(C)cc2)c(-c2ccc(C)cc2)[nH]1)C(=O)N(c1ccccc1)c1ccccc1. The van der Waals surface area contributed by atoms with E-state index in [9.17, 15) is 4.79 Å². The molecule has 0 bridgehead atoms. The number of hydrogen-bond acceptors (Lipinski definition) is 3. The van der Waals surface area contributed by atoms with Crippen LogP contribution in [0.5, 0.6) is 0 Å². The molecule has 1 aromatic heterocycles. The average molecular weight is 518 g/mol. The Morgan fingerprint density at radius 2 is 1.26 bits per heavy atom. The van der Waals surface area contributed by atoms with Gasteiger partial charge in [0.05, 0.1) is 16.6 Å². The second-order valence-corrected chi connectivity index (χ2v) is 10.5. The summed E-state index contributed by atoms with van der Waals surface area (Å²) in [4.78, 5) is 24.4. The predicted octanol–water partition coefficient (Wildman–Crippen LogP) is 8.60. The van der Waals surface area contributed by atoms with Crippen molar-refractivity contribution in [2.45, 2.75) is 37.6 Å². The number of hydrogen-bond donors (Lipinski definition) is 1. The standard InChI is InChI=1S/C33H31N3OS/c1-4-29(32(37)36(27-11-7-5-8-12-27)28-13-9-6-10-14-28)38-33-34-30(25-19-15-23(2)16-20-25)31(35-33)26-21-17-24(3)18-22-26/h5-22,29H,4H2,1-3H3,(H,34,35). The number of thioether (sulfide) groups is 1. The molecule has 0 aliphatic heterocycles. The highest BCUT2D eigenvalue weighted by molar-refractivity contribution is 8.00. The Bertz CT molecular complexity index is 1390. The Hall–Kier alpha value is -4.09. The molecule has 0 radical (unpaired) electrons. The Balaban J connectivity index is 1.51. The zero-order valence-electron chi connectivity index (χ0n) is 21.9. The first kappa shape index (κ1) is 25.6. The number of nitrogens with one attached hydrogen (secondary N) is 1. The maximum Gasteiger partial charge on any atom is 0.245 e. The zero-order chi connectivity index (χ0) is 26.5. The minimum absolute atomic E-state index is 0.0278. The van der Waals surface area contributed by atoms with E-state index in [1.54, 1.807) is 0 Å². The maximum absolute atomic E-state index is 14.0. The van der Waals surface area contributed by atoms with Crippen LogP contribution in [0.3, 0.4) is 0 Å². The molecule has 1 atom stereocenters. The topological polar surface area (TPSA) is 49.0 Å². The van der Waals surface area contributed by atoms with Crippen LogP contribution in [0, 0.1) is 13.8 Å². The van der Waals surface area contributed by atoms with Crippen LogP contribution in [0.25, 0.3) is 22.5 Å². The highest BCUT2D eigenvalue weighted by Crippen LogP contribution is 2.36. The highest BCUT2D eigenvalue weighted by atomic mass is 32.2. The number of carbonyl (C=O) groups excluding carboxylic acids is 1. The van der Waals surface area contributed by atoms with Gasteiger partial charge in [0.1, 0.15) is 0 Å². The number of benzene rings is 4. The van der Waals surface area contributed by atoms with E-state index < -0.39 is 0 Å². The fourth-order valence-corrected chi connectivity index (χ4v) is 5.35. The summed E-state index contributed by atoms with van der Waals surface area (Å²) in [6, 6.07) is 36.5. The van der Waals surface area contributed by atoms with E-state index in [4.69, 9.17) is 4.98 Å². The summed E-state index contributed by atoms with van der Waals surface area (Å²) in [7, 11) is 0. The van der Waals surface area contributed by atoms with Crippen molar-refractivity contribution < 1.29 is 4.79 Å². The molecule has 1 N–H and O–H groups in total. The Kier molecular flexibility index (Phi) is 7.75. The van der Waals surface area contributed by atoms with Gasteiger partial charge >= 0.3 is 0 Å². The van der Waals surface area contributed by atoms with Gasteiger partial charge in [0.25, 0.3) is 0 Å². The van der Waals surface area contributed by atoms with E-state index in [1.165, 1.54) is 22.9 Å². The summed E-state index contributed by atoms with van der Waals surface area (Å²) in [5.74, 6) is 0.0278. The molecular formula is C33H31N3OS. The third-order valence-electron chi connectivity index (χ3n) is 6.50. The van der Waals surface area contributed by atoms with E-state index >= 15 is 0 Å². The van der Waals surface area contributed by atoms with Gasteiger partial charge in [-0.05, 0) is 44.5 Å². The normalized spacial score (nSPS) is 11.8. The molecule has 5 aromatic rings. The van der Waals surface area contributed by atoms with Crippen molar-refractivity contribution in [3.63, 3.8) is 0 Å². The van der Waals surface area contributed by atoms with Crippen molar-refractivity contribution in [2.75, 3.05) is 4.90 Å². The van der Waals surface area contributed by atoms with Crippen LogP contribution in [-0.2, 0) is 4.79 Å². The molecule has 4 nitrogen and oxygen atoms in total. The number of aromatic amines is 1. The van der Waals surface area contributed by atoms with Gasteiger partial charge in [-0.25, -0.2) is 4.98 Å². The Morgan fingerprint density at radius 3 is 1.76 bits per heavy atom. The van der Waals surface area contributed by atoms with Gasteiger partial charge < -0.3 is 4.98 Å². The fraction of sp³-hybridized carbons (Fsp3) is 0.152. The molecule has 1 amide bonds. The quantitative estimate of drug-likeness (QED) is 0.210. The van der Waals surface area contributed by atoms with Gasteiger partial charge in [-0.1, -0.05) is 115 Å². The molecule has 0 saturated carbocycles. The summed E-state index contributed by atoms with van der Waals surface area (Å²) < 4.78 is 0. The molecule has 0 aliphatic rings. The summed E-state index contributed by atoms with van der Waals surface area (Å²) in [6.45, 7) is 6.22. The van der Waals surface area contributed by atoms with Crippen LogP contribution in [0.15, 0.2) is 114 Å². The number of anilines is 2. The second-order valence-electron chi connectivity index (χ2n) is 9.36. The monoisotopic (exact) mass is 517 g/mol. The number of carbonyl (C=O) groups is 1. The maximum atomic E-state index is 14.0. The van der Waals surface area contributed by atoms with Crippen molar-refractivity contribution in [1.29, 1.82) is 0 Å². The molecule has 0 saturated heterocycles. The largest absolute Gasteiger partial charge is 0.332 e. The molecule has 190 valence electrons. The van der Waals surface area contributed by atoms with E-state index in [2.05, 4.69) is 74.3 Å². The van der Waals surface area contributed by atoms with Gasteiger partial charge in [-0.3, -0.25) is 9.69 Å². The van der Waals surface area contributed by atoms with Gasteiger partial charge in [-0.2, -0.15) is 0 Å². The molecule has 0 fully saturated rings. The first-order chi connectivity index (χ1) is 18.5. The smallest absolute Gasteiger partial charge is 0.245 e. The zero-order valence-corrected chi connectivity index (χ0v) is 22.7. The number of H-pyrrole nitrogens is 1. The number of para-hydroxylation sites is 2. The molecule has 1 heterocycles. The molecule has 1 unspecified atom stereocenters. The first-order valence-electron chi connectivity index (χ1n) is 12.9. The fourth-order valence-electron chi connectivity index (χ4n) is 4.40. The molecule has 38 heavy (non-hydrogen) atoms. The van der Waals surface area contributed by atoms with Gasteiger partial charge in [0.15, 0.2) is 5.16 Å². The highest BCUT2D eigenvalue weighted by Gasteiger charge is 2.28. The van der Waals surface area contributed by atoms with Crippen molar-refractivity contribution in [1.82, 2.24) is 9.97 Å². The van der Waals surface area contributed by atoms with Crippen LogP contribution in [-0.4, -0.2) is 21.1 Å². The molecule has 0 aliphatic carbocycles. The summed E-state index contributed by atoms with van der Waals surface area (Å²) in [5.41, 5.74) is 8.07. The lowest BCUT2D eigenvalue weighted by Gasteiger charge is -2.26. The van der Waals surface area contributed by atoms with E-state index in [1.807, 2.05) is 65.6 Å². The van der Waals surface area contributed by atoms with Crippen LogP contribution < -0.4 is 4.90 Å². The number of nitrogens with zero attached hydrogens (tertiary/aromatic N) is 2. The molecule has 5 heteroatoms. The van der Waals surface area contributed by atoms with Crippen LogP contribution in [0.2, 0.25) is 0 Å². The van der Waals surface area contributed by atoms with Crippen LogP contribution in [0.4, 0.5) is 11.4 Å². The molecule has 0 spiro atoms. The lowest BCUT2D eigenvalue weighted by atomic mass is 10.0. The minimum Gasteiger partial charge on any atom is -0.332 e. The summed E-state index contributed by atoms with van der Waals surface area (Å²) in [6.07, 6.45) is 0.667. The summed E-state index contributed by atoms with van der Waals surface area (Å²) in [5, 5.41) is 0.413. The Labute approximate surface area is 228 Å². The number of aromatic nitrogens is 2. The van der Waals surface area contributed by atoms with Gasteiger partial charge in [0, 0.05) is 22.5 Å². The predicted molar refractivity (Wildman–Crippen MR) is 159 cm³/mol. The lowest BCUT2D eigenvalue weighted by Crippen LogP contribution is -2.34. The molecular weight excluding hydrogens is 486 g/mol. The number of aryl methyl sites for hydroxylation is 2. The number of rotatable bonds is 8. The van der Waals surface area contributed by atoms with E-state index in [0.29, 0.717) is 6.42 Å². The third kappa shape index (κ3) is 5.58. The number of imidazole rings is 1. The molecule has 4 aromatic carbocycles. The number of amides is 1. The van der Waals surface area contributed by atoms with Crippen molar-refractivity contribution in [2.24, 2.45) is 0 Å². The van der Waals surface area contributed by atoms with E-state index in [0.717, 1.165) is 39.0 Å². The van der Waals surface area contributed by atoms with Crippen molar-refractivity contribution >= 4 is 29.0 Å². The van der Waals surface area contributed by atoms with Crippen LogP contribution in [0.1, 0.15) is 24.5 Å². The minimum atomic E-state index is -0.321. The average Bonchev–Trinajstić information content (AvgIpc) is 3.37. The van der Waals surface area contributed by atoms with Gasteiger partial charge in [-0.15, -0.1) is 0 Å². The Morgan fingerprint density at radius 1 is 0.763 bits per heavy atom. The van der Waals surface area contributed by atoms with Crippen molar-refractivity contribution in [3.05, 3.63) is 120 Å². The van der Waals surface area contributed by atoms with Gasteiger partial charge in [0.2, 0.25) is 5.91 Å². The lowest BCUT2D eigenvalue weighted by molar-refractivity contribution is -0.117.